The number of likely N-dealkylation sites (tertiary alicyclic amines) is 1. The van der Waals surface area contributed by atoms with E-state index in [1.807, 2.05) is 23.2 Å². The van der Waals surface area contributed by atoms with Gasteiger partial charge >= 0.3 is 0 Å². The van der Waals surface area contributed by atoms with Crippen LogP contribution >= 0.6 is 0 Å². The minimum atomic E-state index is -0.104. The lowest BCUT2D eigenvalue weighted by Crippen LogP contribution is -2.42. The Kier molecular flexibility index (Phi) is 4.70. The summed E-state index contributed by atoms with van der Waals surface area (Å²) in [4.78, 5) is 18.4. The summed E-state index contributed by atoms with van der Waals surface area (Å²) in [6, 6.07) is 3.90. The van der Waals surface area contributed by atoms with E-state index in [-0.39, 0.29) is 11.8 Å². The highest BCUT2D eigenvalue weighted by atomic mass is 16.2. The molecule has 1 atom stereocenters. The molecule has 1 saturated heterocycles. The zero-order chi connectivity index (χ0) is 12.8. The average molecular weight is 247 g/mol. The van der Waals surface area contributed by atoms with Gasteiger partial charge in [-0.2, -0.15) is 0 Å². The maximum atomic E-state index is 12.4. The van der Waals surface area contributed by atoms with Crippen molar-refractivity contribution in [1.29, 1.82) is 0 Å². The van der Waals surface area contributed by atoms with Gasteiger partial charge in [0.15, 0.2) is 0 Å². The number of aromatic nitrogens is 1. The van der Waals surface area contributed by atoms with E-state index in [1.165, 1.54) is 6.42 Å². The number of pyridine rings is 1. The van der Waals surface area contributed by atoms with E-state index in [2.05, 4.69) is 4.98 Å². The number of hydrogen-bond acceptors (Lipinski definition) is 3. The fourth-order valence-corrected chi connectivity index (χ4v) is 2.45. The Morgan fingerprint density at radius 1 is 1.39 bits per heavy atom. The van der Waals surface area contributed by atoms with E-state index in [1.54, 1.807) is 6.20 Å². The number of carbonyl (C=O) groups excluding carboxylic acids is 1. The molecule has 4 heteroatoms. The number of carbonyl (C=O) groups is 1. The van der Waals surface area contributed by atoms with Gasteiger partial charge in [0.2, 0.25) is 5.91 Å². The first-order valence-corrected chi connectivity index (χ1v) is 6.69. The number of nitrogens with two attached hydrogens (primary N) is 1. The third-order valence-electron chi connectivity index (χ3n) is 3.51. The predicted octanol–water partition coefficient (Wildman–Crippen LogP) is 1.21. The van der Waals surface area contributed by atoms with Crippen LogP contribution in [-0.2, 0) is 11.2 Å². The second kappa shape index (κ2) is 6.50. The number of rotatable bonds is 4. The minimum Gasteiger partial charge on any atom is -0.342 e. The van der Waals surface area contributed by atoms with Crippen molar-refractivity contribution in [2.24, 2.45) is 11.7 Å². The van der Waals surface area contributed by atoms with Gasteiger partial charge in [-0.15, -0.1) is 0 Å². The van der Waals surface area contributed by atoms with Gasteiger partial charge in [-0.05, 0) is 37.3 Å². The summed E-state index contributed by atoms with van der Waals surface area (Å²) in [5, 5.41) is 0. The van der Waals surface area contributed by atoms with Crippen LogP contribution in [0.2, 0.25) is 0 Å². The van der Waals surface area contributed by atoms with Gasteiger partial charge in [0, 0.05) is 32.0 Å². The molecule has 1 aliphatic heterocycles. The number of hydrogen-bond donors (Lipinski definition) is 1. The molecule has 2 heterocycles. The summed E-state index contributed by atoms with van der Waals surface area (Å²) in [5.74, 6) is 0.105. The molecule has 1 aromatic rings. The van der Waals surface area contributed by atoms with Crippen LogP contribution in [0.1, 0.15) is 24.8 Å². The molecule has 1 aromatic heterocycles. The maximum absolute atomic E-state index is 12.4. The fraction of sp³-hybridized carbons (Fsp3) is 0.571. The minimum absolute atomic E-state index is 0.104. The Morgan fingerprint density at radius 3 is 2.78 bits per heavy atom. The Labute approximate surface area is 108 Å². The summed E-state index contributed by atoms with van der Waals surface area (Å²) in [6.45, 7) is 2.19. The standard InChI is InChI=1S/C14H21N3O/c15-10-13(9-12-5-4-6-16-11-12)14(18)17-7-2-1-3-8-17/h4-6,11,13H,1-3,7-10,15H2. The van der Waals surface area contributed by atoms with Crippen LogP contribution in [-0.4, -0.2) is 35.4 Å². The smallest absolute Gasteiger partial charge is 0.227 e. The predicted molar refractivity (Wildman–Crippen MR) is 70.9 cm³/mol. The van der Waals surface area contributed by atoms with Crippen molar-refractivity contribution >= 4 is 5.91 Å². The lowest BCUT2D eigenvalue weighted by atomic mass is 9.98. The number of amides is 1. The lowest BCUT2D eigenvalue weighted by Gasteiger charge is -2.30. The summed E-state index contributed by atoms with van der Waals surface area (Å²) in [5.41, 5.74) is 6.84. The van der Waals surface area contributed by atoms with Crippen molar-refractivity contribution in [3.63, 3.8) is 0 Å². The molecule has 0 spiro atoms. The number of nitrogens with zero attached hydrogens (tertiary/aromatic N) is 2. The van der Waals surface area contributed by atoms with Gasteiger partial charge in [0.25, 0.3) is 0 Å². The SMILES string of the molecule is NCC(Cc1cccnc1)C(=O)N1CCCCC1. The van der Waals surface area contributed by atoms with Crippen molar-refractivity contribution in [1.82, 2.24) is 9.88 Å². The molecule has 0 radical (unpaired) electrons. The molecular weight excluding hydrogens is 226 g/mol. The van der Waals surface area contributed by atoms with Crippen molar-refractivity contribution in [3.8, 4) is 0 Å². The topological polar surface area (TPSA) is 59.2 Å². The Balaban J connectivity index is 1.97. The molecule has 4 nitrogen and oxygen atoms in total. The zero-order valence-corrected chi connectivity index (χ0v) is 10.7. The van der Waals surface area contributed by atoms with Gasteiger partial charge in [-0.1, -0.05) is 6.07 Å². The summed E-state index contributed by atoms with van der Waals surface area (Å²) in [6.07, 6.45) is 7.73. The highest BCUT2D eigenvalue weighted by molar-refractivity contribution is 5.79. The van der Waals surface area contributed by atoms with Crippen LogP contribution in [0.3, 0.4) is 0 Å². The van der Waals surface area contributed by atoms with Crippen molar-refractivity contribution in [3.05, 3.63) is 30.1 Å². The van der Waals surface area contributed by atoms with Gasteiger partial charge < -0.3 is 10.6 Å². The quantitative estimate of drug-likeness (QED) is 0.870. The van der Waals surface area contributed by atoms with Crippen molar-refractivity contribution in [2.75, 3.05) is 19.6 Å². The normalized spacial score (nSPS) is 17.5. The van der Waals surface area contributed by atoms with Crippen molar-refractivity contribution in [2.45, 2.75) is 25.7 Å². The monoisotopic (exact) mass is 247 g/mol. The molecule has 0 aromatic carbocycles. The fourth-order valence-electron chi connectivity index (χ4n) is 2.45. The van der Waals surface area contributed by atoms with E-state index in [0.29, 0.717) is 13.0 Å². The second-order valence-electron chi connectivity index (χ2n) is 4.88. The molecule has 1 fully saturated rings. The lowest BCUT2D eigenvalue weighted by molar-refractivity contribution is -0.136. The van der Waals surface area contributed by atoms with Gasteiger partial charge in [-0.3, -0.25) is 9.78 Å². The summed E-state index contributed by atoms with van der Waals surface area (Å²) >= 11 is 0. The largest absolute Gasteiger partial charge is 0.342 e. The van der Waals surface area contributed by atoms with E-state index in [9.17, 15) is 4.79 Å². The Morgan fingerprint density at radius 2 is 2.17 bits per heavy atom. The molecule has 0 bridgehead atoms. The van der Waals surface area contributed by atoms with Gasteiger partial charge in [0.1, 0.15) is 0 Å². The third kappa shape index (κ3) is 3.29. The van der Waals surface area contributed by atoms with E-state index < -0.39 is 0 Å². The molecule has 18 heavy (non-hydrogen) atoms. The van der Waals surface area contributed by atoms with Crippen LogP contribution in [0.5, 0.6) is 0 Å². The molecule has 2 N–H and O–H groups in total. The maximum Gasteiger partial charge on any atom is 0.227 e. The second-order valence-corrected chi connectivity index (χ2v) is 4.88. The van der Waals surface area contributed by atoms with Gasteiger partial charge in [-0.25, -0.2) is 0 Å². The summed E-state index contributed by atoms with van der Waals surface area (Å²) < 4.78 is 0. The Bertz CT molecular complexity index is 374. The molecule has 2 rings (SSSR count). The van der Waals surface area contributed by atoms with Crippen LogP contribution < -0.4 is 5.73 Å². The van der Waals surface area contributed by atoms with Gasteiger partial charge in [0.05, 0.1) is 5.92 Å². The highest BCUT2D eigenvalue weighted by Gasteiger charge is 2.24. The van der Waals surface area contributed by atoms with E-state index in [4.69, 9.17) is 5.73 Å². The van der Waals surface area contributed by atoms with E-state index >= 15 is 0 Å². The first-order chi connectivity index (χ1) is 8.81. The first kappa shape index (κ1) is 13.0. The van der Waals surface area contributed by atoms with Crippen LogP contribution in [0.25, 0.3) is 0 Å². The molecule has 1 unspecified atom stereocenters. The molecule has 98 valence electrons. The third-order valence-corrected chi connectivity index (χ3v) is 3.51. The van der Waals surface area contributed by atoms with Crippen molar-refractivity contribution < 1.29 is 4.79 Å². The van der Waals surface area contributed by atoms with Crippen LogP contribution in [0.4, 0.5) is 0 Å². The highest BCUT2D eigenvalue weighted by Crippen LogP contribution is 2.15. The first-order valence-electron chi connectivity index (χ1n) is 6.69. The number of piperidine rings is 1. The average Bonchev–Trinajstić information content (AvgIpc) is 2.46. The van der Waals surface area contributed by atoms with Crippen LogP contribution in [0, 0.1) is 5.92 Å². The van der Waals surface area contributed by atoms with E-state index in [0.717, 1.165) is 31.5 Å². The zero-order valence-electron chi connectivity index (χ0n) is 10.7. The Hall–Kier alpha value is -1.42. The van der Waals surface area contributed by atoms with Crippen LogP contribution in [0.15, 0.2) is 24.5 Å². The molecular formula is C14H21N3O. The molecule has 1 aliphatic rings. The molecule has 1 amide bonds. The summed E-state index contributed by atoms with van der Waals surface area (Å²) in [7, 11) is 0. The molecule has 0 saturated carbocycles. The molecule has 0 aliphatic carbocycles.